The molecule has 20 heavy (non-hydrogen) atoms. The molecule has 0 aliphatic carbocycles. The number of nitrogens with zero attached hydrogens (tertiary/aromatic N) is 1. The van der Waals surface area contributed by atoms with Crippen LogP contribution in [-0.4, -0.2) is 18.2 Å². The minimum Gasteiger partial charge on any atom is -0.505 e. The molecule has 0 saturated carbocycles. The average molecular weight is 303 g/mol. The quantitative estimate of drug-likeness (QED) is 0.833. The number of benzene rings is 1. The number of nitriles is 1. The van der Waals surface area contributed by atoms with Crippen molar-refractivity contribution in [2.24, 2.45) is 11.1 Å². The van der Waals surface area contributed by atoms with Crippen molar-refractivity contribution in [2.75, 3.05) is 7.11 Å². The van der Waals surface area contributed by atoms with Gasteiger partial charge in [0.05, 0.1) is 24.2 Å². The van der Waals surface area contributed by atoms with E-state index in [1.807, 2.05) is 0 Å². The lowest BCUT2D eigenvalue weighted by atomic mass is 9.80. The largest absolute Gasteiger partial charge is 0.505 e. The average Bonchev–Trinajstić information content (AvgIpc) is 2.39. The Bertz CT molecular complexity index is 555. The third kappa shape index (κ3) is 3.18. The molecule has 0 aliphatic heterocycles. The van der Waals surface area contributed by atoms with Gasteiger partial charge in [-0.25, -0.2) is 4.39 Å². The number of phenols is 1. The minimum absolute atomic E-state index is 0. The van der Waals surface area contributed by atoms with Gasteiger partial charge in [0.1, 0.15) is 0 Å². The number of phenolic OH excluding ortho intramolecular Hbond substituents is 1. The van der Waals surface area contributed by atoms with Crippen LogP contribution >= 0.6 is 12.4 Å². The molecule has 3 N–H and O–H groups in total. The minimum atomic E-state index is -1.17. The highest BCUT2D eigenvalue weighted by Crippen LogP contribution is 2.38. The predicted molar refractivity (Wildman–Crippen MR) is 72.8 cm³/mol. The first-order valence-electron chi connectivity index (χ1n) is 5.52. The van der Waals surface area contributed by atoms with Crippen LogP contribution in [0.4, 0.5) is 4.39 Å². The standard InChI is InChI=1S/C13H15FN2O3.ClH/c1-13(2,12(18)19-3)11(16)8-4-7(6-15)5-9(14)10(8)17;/h4-5,11,17H,16H2,1-3H3;1H/t11-;/m1./s1. The Morgan fingerprint density at radius 2 is 2.10 bits per heavy atom. The summed E-state index contributed by atoms with van der Waals surface area (Å²) >= 11 is 0. The molecule has 110 valence electrons. The summed E-state index contributed by atoms with van der Waals surface area (Å²) in [5, 5.41) is 18.5. The topological polar surface area (TPSA) is 96.3 Å². The van der Waals surface area contributed by atoms with E-state index in [0.29, 0.717) is 0 Å². The van der Waals surface area contributed by atoms with E-state index >= 15 is 0 Å². The van der Waals surface area contributed by atoms with E-state index in [2.05, 4.69) is 4.74 Å². The zero-order valence-corrected chi connectivity index (χ0v) is 12.1. The van der Waals surface area contributed by atoms with Crippen molar-refractivity contribution < 1.29 is 19.0 Å². The summed E-state index contributed by atoms with van der Waals surface area (Å²) in [4.78, 5) is 11.7. The van der Waals surface area contributed by atoms with Gasteiger partial charge >= 0.3 is 5.97 Å². The molecule has 1 aromatic rings. The first-order chi connectivity index (χ1) is 8.75. The smallest absolute Gasteiger partial charge is 0.313 e. The van der Waals surface area contributed by atoms with Gasteiger partial charge in [-0.15, -0.1) is 12.4 Å². The molecule has 0 aliphatic rings. The molecular weight excluding hydrogens is 287 g/mol. The fourth-order valence-corrected chi connectivity index (χ4v) is 1.70. The molecule has 0 unspecified atom stereocenters. The Morgan fingerprint density at radius 3 is 2.55 bits per heavy atom. The van der Waals surface area contributed by atoms with Crippen molar-refractivity contribution in [2.45, 2.75) is 19.9 Å². The molecule has 0 radical (unpaired) electrons. The van der Waals surface area contributed by atoms with Gasteiger partial charge in [0.15, 0.2) is 11.6 Å². The molecular formula is C13H16ClFN2O3. The lowest BCUT2D eigenvalue weighted by Gasteiger charge is -2.29. The number of carbonyl (C=O) groups excluding carboxylic acids is 1. The lowest BCUT2D eigenvalue weighted by Crippen LogP contribution is -2.37. The zero-order chi connectivity index (χ0) is 14.8. The van der Waals surface area contributed by atoms with Crippen LogP contribution in [0.3, 0.4) is 0 Å². The number of esters is 1. The molecule has 0 bridgehead atoms. The van der Waals surface area contributed by atoms with E-state index in [1.165, 1.54) is 27.0 Å². The van der Waals surface area contributed by atoms with Crippen LogP contribution in [0.25, 0.3) is 0 Å². The molecule has 7 heteroatoms. The summed E-state index contributed by atoms with van der Waals surface area (Å²) in [6.07, 6.45) is 0. The summed E-state index contributed by atoms with van der Waals surface area (Å²) in [5.74, 6) is -2.21. The van der Waals surface area contributed by atoms with E-state index in [4.69, 9.17) is 11.0 Å². The van der Waals surface area contributed by atoms with Gasteiger partial charge in [-0.2, -0.15) is 5.26 Å². The molecule has 0 saturated heterocycles. The van der Waals surface area contributed by atoms with Crippen molar-refractivity contribution in [3.05, 3.63) is 29.1 Å². The van der Waals surface area contributed by atoms with Crippen LogP contribution in [0.15, 0.2) is 12.1 Å². The summed E-state index contributed by atoms with van der Waals surface area (Å²) < 4.78 is 18.1. The number of nitrogens with two attached hydrogens (primary N) is 1. The third-order valence-corrected chi connectivity index (χ3v) is 3.05. The van der Waals surface area contributed by atoms with Crippen LogP contribution in [0.1, 0.15) is 31.0 Å². The summed E-state index contributed by atoms with van der Waals surface area (Å²) in [7, 11) is 1.21. The first-order valence-corrected chi connectivity index (χ1v) is 5.52. The SMILES string of the molecule is COC(=O)C(C)(C)[C@H](N)c1cc(C#N)cc(F)c1O.Cl. The van der Waals surface area contributed by atoms with Gasteiger partial charge in [-0.1, -0.05) is 0 Å². The highest BCUT2D eigenvalue weighted by molar-refractivity contribution is 5.85. The van der Waals surface area contributed by atoms with Gasteiger partial charge in [0, 0.05) is 11.6 Å². The van der Waals surface area contributed by atoms with Gasteiger partial charge < -0.3 is 15.6 Å². The number of ether oxygens (including phenoxy) is 1. The van der Waals surface area contributed by atoms with Crippen LogP contribution < -0.4 is 5.73 Å². The Labute approximate surface area is 122 Å². The van der Waals surface area contributed by atoms with Gasteiger partial charge in [-0.3, -0.25) is 4.79 Å². The second-order valence-corrected chi connectivity index (χ2v) is 4.70. The van der Waals surface area contributed by atoms with E-state index < -0.39 is 29.0 Å². The van der Waals surface area contributed by atoms with Gasteiger partial charge in [-0.05, 0) is 26.0 Å². The van der Waals surface area contributed by atoms with E-state index in [-0.39, 0.29) is 23.5 Å². The number of hydrogen-bond donors (Lipinski definition) is 2. The fraction of sp³-hybridized carbons (Fsp3) is 0.385. The highest BCUT2D eigenvalue weighted by Gasteiger charge is 2.38. The molecule has 0 amide bonds. The van der Waals surface area contributed by atoms with E-state index in [0.717, 1.165) is 6.07 Å². The fourth-order valence-electron chi connectivity index (χ4n) is 1.70. The molecule has 1 atom stereocenters. The number of hydrogen-bond acceptors (Lipinski definition) is 5. The number of methoxy groups -OCH3 is 1. The first kappa shape index (κ1) is 18.2. The highest BCUT2D eigenvalue weighted by atomic mass is 35.5. The normalized spacial score (nSPS) is 12.0. The molecule has 1 rings (SSSR count). The summed E-state index contributed by atoms with van der Waals surface area (Å²) in [5.41, 5.74) is 4.74. The number of aromatic hydroxyl groups is 1. The Balaban J connectivity index is 0.00000361. The number of rotatable bonds is 3. The maximum atomic E-state index is 13.5. The summed E-state index contributed by atoms with van der Waals surface area (Å²) in [6, 6.07) is 2.91. The van der Waals surface area contributed by atoms with Crippen molar-refractivity contribution in [3.8, 4) is 11.8 Å². The molecule has 0 aromatic heterocycles. The van der Waals surface area contributed by atoms with Crippen LogP contribution in [-0.2, 0) is 9.53 Å². The zero-order valence-electron chi connectivity index (χ0n) is 11.3. The van der Waals surface area contributed by atoms with Crippen molar-refractivity contribution in [1.29, 1.82) is 5.26 Å². The molecule has 0 spiro atoms. The van der Waals surface area contributed by atoms with Gasteiger partial charge in [0.25, 0.3) is 0 Å². The maximum absolute atomic E-state index is 13.5. The Hall–Kier alpha value is -1.84. The summed E-state index contributed by atoms with van der Waals surface area (Å²) in [6.45, 7) is 3.03. The Kier molecular flexibility index (Phi) is 5.95. The predicted octanol–water partition coefficient (Wildman–Crippen LogP) is 2.02. The van der Waals surface area contributed by atoms with Crippen molar-refractivity contribution >= 4 is 18.4 Å². The second-order valence-electron chi connectivity index (χ2n) is 4.70. The second kappa shape index (κ2) is 6.55. The van der Waals surface area contributed by atoms with Crippen LogP contribution in [0, 0.1) is 22.6 Å². The number of halogens is 2. The van der Waals surface area contributed by atoms with E-state index in [9.17, 15) is 14.3 Å². The van der Waals surface area contributed by atoms with Gasteiger partial charge in [0.2, 0.25) is 0 Å². The molecule has 0 heterocycles. The van der Waals surface area contributed by atoms with E-state index in [1.54, 1.807) is 6.07 Å². The molecule has 5 nitrogen and oxygen atoms in total. The lowest BCUT2D eigenvalue weighted by molar-refractivity contribution is -0.152. The third-order valence-electron chi connectivity index (χ3n) is 3.05. The molecule has 1 aromatic carbocycles. The maximum Gasteiger partial charge on any atom is 0.313 e. The Morgan fingerprint density at radius 1 is 1.55 bits per heavy atom. The van der Waals surface area contributed by atoms with Crippen LogP contribution in [0.2, 0.25) is 0 Å². The van der Waals surface area contributed by atoms with Crippen molar-refractivity contribution in [3.63, 3.8) is 0 Å². The monoisotopic (exact) mass is 302 g/mol. The van der Waals surface area contributed by atoms with Crippen LogP contribution in [0.5, 0.6) is 5.75 Å². The molecule has 0 fully saturated rings. The number of carbonyl (C=O) groups is 1. The van der Waals surface area contributed by atoms with Crippen molar-refractivity contribution in [1.82, 2.24) is 0 Å².